The number of aliphatic hydroxyl groups excluding tert-OH is 16. The highest BCUT2D eigenvalue weighted by atomic mass is 16.8. The third-order valence-electron chi connectivity index (χ3n) is 20.6. The van der Waals surface area contributed by atoms with Crippen molar-refractivity contribution < 1.29 is 153 Å². The van der Waals surface area contributed by atoms with Gasteiger partial charge in [0.15, 0.2) is 25.2 Å². The predicted molar refractivity (Wildman–Crippen MR) is 378 cm³/mol. The van der Waals surface area contributed by atoms with Gasteiger partial charge >= 0.3 is 5.97 Å². The fourth-order valence-corrected chi connectivity index (χ4v) is 14.3. The fraction of sp³-hybridized carbons (Fsp3) is 0.918. The van der Waals surface area contributed by atoms with Crippen molar-refractivity contribution in [1.29, 1.82) is 0 Å². The van der Waals surface area contributed by atoms with E-state index in [0.717, 1.165) is 71.6 Å². The maximum absolute atomic E-state index is 13.8. The Hall–Kier alpha value is -3.42. The molecule has 0 radical (unpaired) electrons. The van der Waals surface area contributed by atoms with Crippen LogP contribution >= 0.6 is 0 Å². The number of carboxylic acid groups (broad SMARTS) is 1. The molecule has 107 heavy (non-hydrogen) atoms. The number of aliphatic hydroxyl groups is 16. The summed E-state index contributed by atoms with van der Waals surface area (Å²) in [6.45, 7) is 0.317. The summed E-state index contributed by atoms with van der Waals surface area (Å²) in [7, 11) is 0. The minimum atomic E-state index is -3.38. The molecule has 0 aliphatic carbocycles. The molecular formula is C73H131N3O31. The average molecular weight is 1550 g/mol. The van der Waals surface area contributed by atoms with Crippen LogP contribution in [0.4, 0.5) is 0 Å². The number of carbonyl (C=O) groups is 4. The molecule has 5 heterocycles. The van der Waals surface area contributed by atoms with E-state index in [1.54, 1.807) is 6.08 Å². The van der Waals surface area contributed by atoms with Gasteiger partial charge in [0, 0.05) is 26.7 Å². The summed E-state index contributed by atoms with van der Waals surface area (Å²) >= 11 is 0. The molecule has 624 valence electrons. The van der Waals surface area contributed by atoms with E-state index >= 15 is 0 Å². The Morgan fingerprint density at radius 3 is 1.44 bits per heavy atom. The molecule has 5 fully saturated rings. The van der Waals surface area contributed by atoms with Crippen molar-refractivity contribution in [1.82, 2.24) is 16.0 Å². The van der Waals surface area contributed by atoms with Crippen LogP contribution in [-0.2, 0) is 66.5 Å². The van der Waals surface area contributed by atoms with Crippen LogP contribution in [0.15, 0.2) is 12.2 Å². The number of aliphatic carboxylic acids is 1. The smallest absolute Gasteiger partial charge is 0.364 e. The second-order valence-corrected chi connectivity index (χ2v) is 29.3. The molecule has 5 rings (SSSR count). The van der Waals surface area contributed by atoms with E-state index < -0.39 is 235 Å². The molecule has 4 unspecified atom stereocenters. The van der Waals surface area contributed by atoms with Crippen molar-refractivity contribution >= 4 is 23.7 Å². The quantitative estimate of drug-likeness (QED) is 0.0255. The molecular weight excluding hydrogens is 1410 g/mol. The second-order valence-electron chi connectivity index (χ2n) is 29.3. The zero-order valence-corrected chi connectivity index (χ0v) is 62.8. The van der Waals surface area contributed by atoms with E-state index in [1.807, 2.05) is 6.08 Å². The first-order valence-electron chi connectivity index (χ1n) is 39.1. The molecule has 0 spiro atoms. The molecule has 5 aliphatic heterocycles. The summed E-state index contributed by atoms with van der Waals surface area (Å²) in [4.78, 5) is 53.0. The summed E-state index contributed by atoms with van der Waals surface area (Å²) in [5.41, 5.74) is 0. The number of hydrogen-bond acceptors (Lipinski definition) is 30. The van der Waals surface area contributed by atoms with Gasteiger partial charge in [-0.15, -0.1) is 0 Å². The maximum Gasteiger partial charge on any atom is 0.364 e. The number of nitrogens with one attached hydrogen (secondary N) is 3. The van der Waals surface area contributed by atoms with Crippen LogP contribution in [-0.4, -0.2) is 321 Å². The lowest BCUT2D eigenvalue weighted by Crippen LogP contribution is -2.72. The number of ether oxygens (including phenoxy) is 10. The van der Waals surface area contributed by atoms with E-state index in [-0.39, 0.29) is 12.3 Å². The normalized spacial score (nSPS) is 34.6. The summed E-state index contributed by atoms with van der Waals surface area (Å²) in [6, 6.07) is -4.81. The van der Waals surface area contributed by atoms with E-state index in [1.165, 1.54) is 103 Å². The number of hydrogen-bond donors (Lipinski definition) is 20. The van der Waals surface area contributed by atoms with Gasteiger partial charge in [-0.2, -0.15) is 0 Å². The zero-order valence-electron chi connectivity index (χ0n) is 62.8. The average Bonchev–Trinajstić information content (AvgIpc) is 0.750. The molecule has 0 aromatic heterocycles. The van der Waals surface area contributed by atoms with Gasteiger partial charge in [-0.05, 0) is 19.3 Å². The third-order valence-corrected chi connectivity index (χ3v) is 20.6. The Bertz CT molecular complexity index is 2500. The van der Waals surface area contributed by atoms with E-state index in [2.05, 4.69) is 29.8 Å². The highest BCUT2D eigenvalue weighted by molar-refractivity contribution is 5.77. The molecule has 0 aromatic carbocycles. The van der Waals surface area contributed by atoms with Gasteiger partial charge in [-0.3, -0.25) is 14.4 Å². The van der Waals surface area contributed by atoms with Gasteiger partial charge in [0.1, 0.15) is 116 Å². The monoisotopic (exact) mass is 1550 g/mol. The fourth-order valence-electron chi connectivity index (χ4n) is 14.3. The van der Waals surface area contributed by atoms with Crippen molar-refractivity contribution in [2.75, 3.05) is 39.6 Å². The Kier molecular flexibility index (Phi) is 44.0. The van der Waals surface area contributed by atoms with Crippen LogP contribution in [0.3, 0.4) is 0 Å². The van der Waals surface area contributed by atoms with Crippen LogP contribution in [0, 0.1) is 0 Å². The van der Waals surface area contributed by atoms with Gasteiger partial charge in [0.25, 0.3) is 5.79 Å². The summed E-state index contributed by atoms with van der Waals surface area (Å²) < 4.78 is 60.1. The van der Waals surface area contributed by atoms with Crippen LogP contribution < -0.4 is 16.0 Å². The molecule has 28 atom stereocenters. The topological polar surface area (TPSA) is 541 Å². The number of rotatable bonds is 52. The molecule has 5 aliphatic rings. The lowest BCUT2D eigenvalue weighted by molar-refractivity contribution is -0.403. The minimum Gasteiger partial charge on any atom is -0.477 e. The summed E-state index contributed by atoms with van der Waals surface area (Å²) in [5.74, 6) is -7.71. The van der Waals surface area contributed by atoms with E-state index in [4.69, 9.17) is 47.4 Å². The van der Waals surface area contributed by atoms with Gasteiger partial charge < -0.3 is 150 Å². The Labute approximate surface area is 627 Å². The summed E-state index contributed by atoms with van der Waals surface area (Å²) in [6.07, 6.45) is -16.8. The summed E-state index contributed by atoms with van der Waals surface area (Å²) in [5, 5.41) is 197. The zero-order chi connectivity index (χ0) is 78.8. The van der Waals surface area contributed by atoms with Crippen LogP contribution in [0.5, 0.6) is 0 Å². The Balaban J connectivity index is 1.40. The van der Waals surface area contributed by atoms with Crippen molar-refractivity contribution in [3.05, 3.63) is 12.2 Å². The SMILES string of the molecule is CCCCCCCCCCCCC/C=C/C(O)C(CO[C@@H]1O[C@H](CO)[C@@H](O[C@@H]2O[C@H](CO)[C@H](O[C@@H]3O[C@H](CO)[C@H](O)[C@H](O[C@@H]4O[C@H](CO)[C@H](O)[C@H](O)[C@H]4O)[C@H]3NC(C)=O)[C@H](O[C@]3(C(=O)O)C[C@H](O)[C@@H](NC(C)=O)[C@H](C(O)C(O)CO)O3)[C@H]2O)[C@H](O)[C@H]1O)NC(=O)CCCCCCCCCCCCCCCCC. The molecule has 20 N–H and O–H groups in total. The van der Waals surface area contributed by atoms with Crippen molar-refractivity contribution in [3.63, 3.8) is 0 Å². The highest BCUT2D eigenvalue weighted by Gasteiger charge is 2.62. The van der Waals surface area contributed by atoms with Crippen LogP contribution in [0.25, 0.3) is 0 Å². The van der Waals surface area contributed by atoms with Crippen molar-refractivity contribution in [3.8, 4) is 0 Å². The van der Waals surface area contributed by atoms with Gasteiger partial charge in [0.05, 0.1) is 63.9 Å². The standard InChI is InChI=1S/C73H131N3O31/c1-5-7-9-11-13-15-17-19-20-22-24-26-28-30-32-34-52(87)76-44(45(84)33-31-29-27-25-23-21-18-16-14-12-10-8-6-2)41-98-69-61(94)59(92)63(50(39-80)101-69)103-71-62(95)67(107-73(72(96)97)35-46(85)53(74-42(3)82)66(106-73)55(88)47(86)36-77)64(51(40-81)102-71)104-68-54(75-43(4)83)65(57(90)49(38-79)99-68)105-70-60(93)58(91)56(89)48(37-78)100-70/h31,33,44-51,53-71,77-81,84-86,88-95H,5-30,32,34-41H2,1-4H3,(H,74,82)(H,75,83)(H,76,87)(H,96,97)/b33-31+/t44?,45?,46-,47?,48+,49+,50+,51+,53+,54+,55?,56-,57-,58-,59+,60+,61+,62+,63+,64-,65+,66+,67+,68-,69+,70-,71-,73-/m0/s1. The van der Waals surface area contributed by atoms with E-state index in [9.17, 15) is 106 Å². The van der Waals surface area contributed by atoms with Crippen LogP contribution in [0.1, 0.15) is 214 Å². The van der Waals surface area contributed by atoms with Crippen molar-refractivity contribution in [2.45, 2.75) is 385 Å². The molecule has 5 saturated heterocycles. The number of carboxylic acids is 1. The molecule has 34 heteroatoms. The molecule has 0 bridgehead atoms. The largest absolute Gasteiger partial charge is 0.477 e. The third kappa shape index (κ3) is 29.2. The Morgan fingerprint density at radius 1 is 0.486 bits per heavy atom. The predicted octanol–water partition coefficient (Wildman–Crippen LogP) is -1.04. The van der Waals surface area contributed by atoms with Crippen LogP contribution in [0.2, 0.25) is 0 Å². The lowest BCUT2D eigenvalue weighted by Gasteiger charge is -2.52. The Morgan fingerprint density at radius 2 is 0.925 bits per heavy atom. The molecule has 3 amide bonds. The molecule has 0 aromatic rings. The first-order valence-corrected chi connectivity index (χ1v) is 39.1. The lowest BCUT2D eigenvalue weighted by atomic mass is 9.88. The second kappa shape index (κ2) is 49.9. The van der Waals surface area contributed by atoms with Crippen molar-refractivity contribution in [2.24, 2.45) is 0 Å². The molecule has 0 saturated carbocycles. The number of unbranched alkanes of at least 4 members (excludes halogenated alkanes) is 25. The van der Waals surface area contributed by atoms with E-state index in [0.29, 0.717) is 12.8 Å². The maximum atomic E-state index is 13.8. The highest BCUT2D eigenvalue weighted by Crippen LogP contribution is 2.41. The number of amides is 3. The number of carbonyl (C=O) groups excluding carboxylic acids is 3. The van der Waals surface area contributed by atoms with Gasteiger partial charge in [0.2, 0.25) is 17.7 Å². The van der Waals surface area contributed by atoms with Gasteiger partial charge in [-0.25, -0.2) is 4.79 Å². The van der Waals surface area contributed by atoms with Gasteiger partial charge in [-0.1, -0.05) is 180 Å². The first kappa shape index (κ1) is 94.2. The first-order chi connectivity index (χ1) is 51.3. The molecule has 34 nitrogen and oxygen atoms in total. The number of allylic oxidation sites excluding steroid dienone is 1. The minimum absolute atomic E-state index is 0.135.